The summed E-state index contributed by atoms with van der Waals surface area (Å²) >= 11 is 2.25. The van der Waals surface area contributed by atoms with Crippen LogP contribution in [0.5, 0.6) is 11.5 Å². The van der Waals surface area contributed by atoms with Gasteiger partial charge in [0.1, 0.15) is 0 Å². The smallest absolute Gasteiger partial charge is 0.246 e. The summed E-state index contributed by atoms with van der Waals surface area (Å²) in [5.41, 5.74) is 3.76. The molecule has 0 radical (unpaired) electrons. The van der Waals surface area contributed by atoms with E-state index in [4.69, 9.17) is 9.47 Å². The van der Waals surface area contributed by atoms with Gasteiger partial charge in [-0.05, 0) is 42.5 Å². The number of carbonyl (C=O) groups is 1. The average molecular weight is 452 g/mol. The maximum absolute atomic E-state index is 12.3. The molecule has 2 unspecified atom stereocenters. The number of benzene rings is 1. The number of hydrogen-bond donors (Lipinski definition) is 1. The van der Waals surface area contributed by atoms with Crippen LogP contribution in [0.1, 0.15) is 49.0 Å². The average Bonchev–Trinajstić information content (AvgIpc) is 3.12. The number of rotatable bonds is 3. The Kier molecular flexibility index (Phi) is 4.19. The van der Waals surface area contributed by atoms with Crippen LogP contribution in [0.3, 0.4) is 0 Å². The van der Waals surface area contributed by atoms with E-state index in [-0.39, 0.29) is 9.71 Å². The Labute approximate surface area is 161 Å². The van der Waals surface area contributed by atoms with Gasteiger partial charge in [0, 0.05) is 25.8 Å². The molecule has 0 fully saturated rings. The number of hydrogen-bond acceptors (Lipinski definition) is 4. The van der Waals surface area contributed by atoms with Gasteiger partial charge in [0.15, 0.2) is 17.3 Å². The number of aliphatic hydroxyl groups excluding tert-OH is 1. The molecule has 1 N–H and O–H groups in total. The minimum atomic E-state index is -0.705. The Morgan fingerprint density at radius 2 is 1.96 bits per heavy atom. The van der Waals surface area contributed by atoms with E-state index in [0.717, 1.165) is 41.7 Å². The molecule has 0 spiro atoms. The summed E-state index contributed by atoms with van der Waals surface area (Å²) in [7, 11) is 0. The summed E-state index contributed by atoms with van der Waals surface area (Å²) in [6.07, 6.45) is 4.61. The second kappa shape index (κ2) is 6.13. The third kappa shape index (κ3) is 3.01. The number of fused-ring (bicyclic) bond motifs is 1. The van der Waals surface area contributed by atoms with Crippen LogP contribution in [0.25, 0.3) is 0 Å². The van der Waals surface area contributed by atoms with E-state index in [2.05, 4.69) is 22.6 Å². The first-order chi connectivity index (χ1) is 11.9. The fraction of sp³-hybridized carbons (Fsp3) is 0.450. The molecule has 3 aliphatic rings. The molecule has 25 heavy (non-hydrogen) atoms. The molecule has 1 aromatic rings. The van der Waals surface area contributed by atoms with Crippen molar-refractivity contribution in [2.75, 3.05) is 0 Å². The minimum absolute atomic E-state index is 0.164. The highest BCUT2D eigenvalue weighted by molar-refractivity contribution is 14.1. The van der Waals surface area contributed by atoms with Crippen molar-refractivity contribution in [1.29, 1.82) is 0 Å². The largest absolute Gasteiger partial charge is 0.449 e. The second-order valence-electron chi connectivity index (χ2n) is 7.28. The van der Waals surface area contributed by atoms with Gasteiger partial charge in [0.05, 0.1) is 10.0 Å². The van der Waals surface area contributed by atoms with Crippen LogP contribution in [-0.2, 0) is 4.79 Å². The maximum Gasteiger partial charge on any atom is 0.246 e. The van der Waals surface area contributed by atoms with Crippen molar-refractivity contribution in [3.63, 3.8) is 0 Å². The Bertz CT molecular complexity index is 806. The topological polar surface area (TPSA) is 55.8 Å². The van der Waals surface area contributed by atoms with Crippen molar-refractivity contribution < 1.29 is 19.4 Å². The predicted octanol–water partition coefficient (Wildman–Crippen LogP) is 4.41. The number of Topliss-reactive ketones (excluding diaryl/α,β-unsaturated/α-hetero) is 1. The van der Waals surface area contributed by atoms with Crippen LogP contribution in [-0.4, -0.2) is 22.8 Å². The second-order valence-corrected chi connectivity index (χ2v) is 8.62. The lowest BCUT2D eigenvalue weighted by Crippen LogP contribution is -2.29. The summed E-state index contributed by atoms with van der Waals surface area (Å²) in [6, 6.07) is 5.77. The van der Waals surface area contributed by atoms with Gasteiger partial charge in [-0.1, -0.05) is 40.3 Å². The van der Waals surface area contributed by atoms with Crippen molar-refractivity contribution in [3.8, 4) is 11.5 Å². The highest BCUT2D eigenvalue weighted by Gasteiger charge is 2.35. The van der Waals surface area contributed by atoms with Gasteiger partial charge in [-0.25, -0.2) is 0 Å². The van der Waals surface area contributed by atoms with Crippen LogP contribution in [0.4, 0.5) is 0 Å². The summed E-state index contributed by atoms with van der Waals surface area (Å²) in [5.74, 6) is 0.938. The SMILES string of the molecule is CC1(C)Oc2ccc(C(I)C(O)C3=CCC4=C3C(=O)CCC4)cc2O1. The number of carbonyl (C=O) groups excluding carboxylic acids is 1. The predicted molar refractivity (Wildman–Crippen MR) is 103 cm³/mol. The molecular weight excluding hydrogens is 431 g/mol. The van der Waals surface area contributed by atoms with Crippen molar-refractivity contribution in [2.24, 2.45) is 0 Å². The van der Waals surface area contributed by atoms with Gasteiger partial charge in [0.25, 0.3) is 0 Å². The van der Waals surface area contributed by atoms with Crippen molar-refractivity contribution in [3.05, 3.63) is 46.6 Å². The normalized spacial score (nSPS) is 23.4. The number of ketones is 1. The zero-order valence-electron chi connectivity index (χ0n) is 14.3. The highest BCUT2D eigenvalue weighted by Crippen LogP contribution is 2.45. The summed E-state index contributed by atoms with van der Waals surface area (Å²) in [6.45, 7) is 3.74. The summed E-state index contributed by atoms with van der Waals surface area (Å²) < 4.78 is 11.4. The van der Waals surface area contributed by atoms with Gasteiger partial charge >= 0.3 is 0 Å². The van der Waals surface area contributed by atoms with Crippen molar-refractivity contribution >= 4 is 28.4 Å². The first-order valence-electron chi connectivity index (χ1n) is 8.65. The number of allylic oxidation sites excluding steroid dienone is 2. The first kappa shape index (κ1) is 17.1. The number of halogens is 1. The van der Waals surface area contributed by atoms with E-state index in [1.165, 1.54) is 5.57 Å². The number of alkyl halides is 1. The lowest BCUT2D eigenvalue weighted by Gasteiger charge is -2.23. The van der Waals surface area contributed by atoms with E-state index < -0.39 is 11.9 Å². The zero-order chi connectivity index (χ0) is 17.8. The lowest BCUT2D eigenvalue weighted by atomic mass is 9.87. The Morgan fingerprint density at radius 3 is 2.76 bits per heavy atom. The quantitative estimate of drug-likeness (QED) is 0.546. The number of ether oxygens (including phenoxy) is 2. The van der Waals surface area contributed by atoms with Gasteiger partial charge in [-0.15, -0.1) is 0 Å². The molecular formula is C20H21IO4. The molecule has 132 valence electrons. The highest BCUT2D eigenvalue weighted by atomic mass is 127. The monoisotopic (exact) mass is 452 g/mol. The van der Waals surface area contributed by atoms with Crippen LogP contribution in [0.15, 0.2) is 41.0 Å². The Hall–Kier alpha value is -1.34. The van der Waals surface area contributed by atoms with Crippen LogP contribution in [0.2, 0.25) is 0 Å². The molecule has 0 aromatic heterocycles. The molecule has 2 atom stereocenters. The molecule has 0 saturated carbocycles. The molecule has 4 rings (SSSR count). The molecule has 1 aromatic carbocycles. The molecule has 5 heteroatoms. The van der Waals surface area contributed by atoms with E-state index >= 15 is 0 Å². The van der Waals surface area contributed by atoms with Gasteiger partial charge in [-0.3, -0.25) is 4.79 Å². The molecule has 0 saturated heterocycles. The van der Waals surface area contributed by atoms with Crippen LogP contribution >= 0.6 is 22.6 Å². The van der Waals surface area contributed by atoms with Crippen LogP contribution in [0, 0.1) is 0 Å². The van der Waals surface area contributed by atoms with Crippen LogP contribution < -0.4 is 9.47 Å². The van der Waals surface area contributed by atoms with Gasteiger partial charge in [0.2, 0.25) is 5.79 Å². The maximum atomic E-state index is 12.3. The van der Waals surface area contributed by atoms with Crippen molar-refractivity contribution in [1.82, 2.24) is 0 Å². The van der Waals surface area contributed by atoms with E-state index in [0.29, 0.717) is 12.2 Å². The number of aliphatic hydroxyl groups is 1. The van der Waals surface area contributed by atoms with Crippen molar-refractivity contribution in [2.45, 2.75) is 55.3 Å². The minimum Gasteiger partial charge on any atom is -0.449 e. The molecule has 2 aliphatic carbocycles. The van der Waals surface area contributed by atoms with E-state index in [9.17, 15) is 9.90 Å². The lowest BCUT2D eigenvalue weighted by molar-refractivity contribution is -0.115. The Balaban J connectivity index is 1.59. The summed E-state index contributed by atoms with van der Waals surface area (Å²) in [4.78, 5) is 12.3. The van der Waals surface area contributed by atoms with E-state index in [1.54, 1.807) is 0 Å². The van der Waals surface area contributed by atoms with Gasteiger partial charge in [-0.2, -0.15) is 0 Å². The fourth-order valence-corrected chi connectivity index (χ4v) is 4.61. The third-order valence-corrected chi connectivity index (χ3v) is 6.37. The van der Waals surface area contributed by atoms with Gasteiger partial charge < -0.3 is 14.6 Å². The molecule has 1 aliphatic heterocycles. The third-order valence-electron chi connectivity index (χ3n) is 4.97. The molecule has 0 amide bonds. The first-order valence-corrected chi connectivity index (χ1v) is 9.90. The Morgan fingerprint density at radius 1 is 1.20 bits per heavy atom. The standard InChI is InChI=1S/C20H21IO4/c1-20(2)24-15-9-7-12(10-16(15)25-20)18(21)19(23)13-8-6-11-4-3-5-14(22)17(11)13/h7-10,18-19,23H,3-6H2,1-2H3. The molecule has 4 nitrogen and oxygen atoms in total. The van der Waals surface area contributed by atoms with E-state index in [1.807, 2.05) is 38.1 Å². The molecule has 1 heterocycles. The zero-order valence-corrected chi connectivity index (χ0v) is 16.5. The fourth-order valence-electron chi connectivity index (χ4n) is 3.83. The summed E-state index contributed by atoms with van der Waals surface area (Å²) in [5, 5.41) is 10.9. The molecule has 0 bridgehead atoms.